The van der Waals surface area contributed by atoms with Crippen LogP contribution in [0.15, 0.2) is 42.5 Å². The first kappa shape index (κ1) is 47.9. The van der Waals surface area contributed by atoms with Gasteiger partial charge in [0, 0.05) is 25.9 Å². The zero-order valence-electron chi connectivity index (χ0n) is 35.9. The van der Waals surface area contributed by atoms with Crippen LogP contribution in [0.3, 0.4) is 0 Å². The van der Waals surface area contributed by atoms with Gasteiger partial charge in [0.2, 0.25) is 17.7 Å². The van der Waals surface area contributed by atoms with E-state index in [0.717, 1.165) is 5.56 Å². The van der Waals surface area contributed by atoms with E-state index in [4.69, 9.17) is 18.9 Å². The maximum Gasteiger partial charge on any atom is 0.408 e. The van der Waals surface area contributed by atoms with Gasteiger partial charge in [-0.3, -0.25) is 34.7 Å². The van der Waals surface area contributed by atoms with Gasteiger partial charge in [-0.25, -0.2) is 10.2 Å². The minimum Gasteiger partial charge on any atom is -0.493 e. The smallest absolute Gasteiger partial charge is 0.408 e. The third-order valence-electron chi connectivity index (χ3n) is 9.24. The van der Waals surface area contributed by atoms with Crippen LogP contribution >= 0.6 is 0 Å². The summed E-state index contributed by atoms with van der Waals surface area (Å²) in [7, 11) is 2.91. The minimum atomic E-state index is -1.21. The Labute approximate surface area is 345 Å². The lowest BCUT2D eigenvalue weighted by molar-refractivity contribution is -0.385. The molecule has 5 N–H and O–H groups in total. The van der Waals surface area contributed by atoms with Crippen molar-refractivity contribution in [3.05, 3.63) is 63.7 Å². The molecule has 59 heavy (non-hydrogen) atoms. The quantitative estimate of drug-likeness (QED) is 0.0769. The van der Waals surface area contributed by atoms with Gasteiger partial charge in [0.1, 0.15) is 23.7 Å². The summed E-state index contributed by atoms with van der Waals surface area (Å²) in [5.41, 5.74) is 4.57. The third kappa shape index (κ3) is 14.4. The zero-order valence-corrected chi connectivity index (χ0v) is 35.9. The molecule has 1 heterocycles. The molecule has 0 bridgehead atoms. The number of rotatable bonds is 19. The molecule has 1 aliphatic rings. The lowest BCUT2D eigenvalue weighted by Gasteiger charge is -2.37. The summed E-state index contributed by atoms with van der Waals surface area (Å²) in [6, 6.07) is 6.98. The van der Waals surface area contributed by atoms with Crippen LogP contribution in [0, 0.1) is 10.1 Å². The Hall–Kier alpha value is -5.49. The molecule has 6 atom stereocenters. The second-order valence-electron chi connectivity index (χ2n) is 16.5. The van der Waals surface area contributed by atoms with Crippen LogP contribution in [0.25, 0.3) is 0 Å². The number of benzene rings is 2. The molecule has 0 aromatic heterocycles. The van der Waals surface area contributed by atoms with E-state index in [1.54, 1.807) is 41.5 Å². The Morgan fingerprint density at radius 3 is 2.22 bits per heavy atom. The second kappa shape index (κ2) is 21.0. The SMILES string of the molecule is CNC(=O)CCCOc1cc([N+](=O)[O-])c(C(C)NNC(=O)[C@H]([C@@H](C)OC(C)(C)C)N2C(=O)[C@@H](NC(=O)[C@H](Cc3ccccc3)NC(=O)OC(C)(C)C)CC2C)cc1OC. The van der Waals surface area contributed by atoms with Gasteiger partial charge < -0.3 is 39.8 Å². The largest absolute Gasteiger partial charge is 0.493 e. The van der Waals surface area contributed by atoms with Crippen molar-refractivity contribution in [2.75, 3.05) is 20.8 Å². The van der Waals surface area contributed by atoms with Gasteiger partial charge >= 0.3 is 6.09 Å². The highest BCUT2D eigenvalue weighted by atomic mass is 16.6. The average molecular weight is 828 g/mol. The summed E-state index contributed by atoms with van der Waals surface area (Å²) >= 11 is 0. The number of nitro groups is 1. The minimum absolute atomic E-state index is 0.107. The molecule has 0 aliphatic carbocycles. The summed E-state index contributed by atoms with van der Waals surface area (Å²) in [6.07, 6.45) is -0.809. The molecule has 2 aromatic carbocycles. The summed E-state index contributed by atoms with van der Waals surface area (Å²) in [5, 5.41) is 20.2. The Morgan fingerprint density at radius 1 is 0.983 bits per heavy atom. The summed E-state index contributed by atoms with van der Waals surface area (Å²) in [4.78, 5) is 79.6. The van der Waals surface area contributed by atoms with Crippen LogP contribution in [0.2, 0.25) is 0 Å². The fourth-order valence-electron chi connectivity index (χ4n) is 6.67. The van der Waals surface area contributed by atoms with E-state index in [1.165, 1.54) is 31.2 Å². The van der Waals surface area contributed by atoms with Crippen molar-refractivity contribution in [2.45, 2.75) is 136 Å². The summed E-state index contributed by atoms with van der Waals surface area (Å²) in [5.74, 6) is -1.67. The van der Waals surface area contributed by atoms with Gasteiger partial charge in [0.25, 0.3) is 11.6 Å². The van der Waals surface area contributed by atoms with Crippen LogP contribution in [0.1, 0.15) is 98.7 Å². The zero-order chi connectivity index (χ0) is 44.2. The van der Waals surface area contributed by atoms with Gasteiger partial charge in [0.05, 0.1) is 48.0 Å². The highest BCUT2D eigenvalue weighted by Crippen LogP contribution is 2.37. The fraction of sp³-hybridized carbons (Fsp3) is 0.585. The molecule has 2 unspecified atom stereocenters. The summed E-state index contributed by atoms with van der Waals surface area (Å²) < 4.78 is 22.8. The molecule has 1 fully saturated rings. The van der Waals surface area contributed by atoms with E-state index >= 15 is 0 Å². The number of nitrogens with zero attached hydrogens (tertiary/aromatic N) is 2. The van der Waals surface area contributed by atoms with Crippen LogP contribution in [-0.4, -0.2) is 102 Å². The Bertz CT molecular complexity index is 1800. The Kier molecular flexibility index (Phi) is 17.0. The van der Waals surface area contributed by atoms with Crippen molar-refractivity contribution in [3.63, 3.8) is 0 Å². The van der Waals surface area contributed by atoms with Gasteiger partial charge in [-0.15, -0.1) is 0 Å². The van der Waals surface area contributed by atoms with Gasteiger partial charge in [-0.1, -0.05) is 30.3 Å². The number of likely N-dealkylation sites (tertiary alicyclic amines) is 1. The molecule has 1 saturated heterocycles. The number of carbonyl (C=O) groups excluding carboxylic acids is 5. The topological polar surface area (TPSA) is 229 Å². The lowest BCUT2D eigenvalue weighted by Crippen LogP contribution is -2.60. The predicted octanol–water partition coefficient (Wildman–Crippen LogP) is 4.00. The molecular formula is C41H61N7O11. The number of hydrazine groups is 1. The van der Waals surface area contributed by atoms with Crippen LogP contribution < -0.4 is 36.3 Å². The number of hydrogen-bond donors (Lipinski definition) is 5. The van der Waals surface area contributed by atoms with E-state index in [9.17, 15) is 34.1 Å². The highest BCUT2D eigenvalue weighted by molar-refractivity contribution is 5.95. The Morgan fingerprint density at radius 2 is 1.64 bits per heavy atom. The predicted molar refractivity (Wildman–Crippen MR) is 218 cm³/mol. The van der Waals surface area contributed by atoms with E-state index in [2.05, 4.69) is 26.8 Å². The van der Waals surface area contributed by atoms with Gasteiger partial charge in [0.15, 0.2) is 11.5 Å². The van der Waals surface area contributed by atoms with Crippen molar-refractivity contribution in [2.24, 2.45) is 0 Å². The number of amides is 5. The number of hydrogen-bond acceptors (Lipinski definition) is 12. The maximum atomic E-state index is 14.2. The van der Waals surface area contributed by atoms with Gasteiger partial charge in [-0.2, -0.15) is 0 Å². The van der Waals surface area contributed by atoms with Crippen LogP contribution in [0.4, 0.5) is 10.5 Å². The van der Waals surface area contributed by atoms with Crippen molar-refractivity contribution >= 4 is 35.4 Å². The van der Waals surface area contributed by atoms with E-state index < -0.39 is 76.3 Å². The van der Waals surface area contributed by atoms with E-state index in [0.29, 0.717) is 6.42 Å². The van der Waals surface area contributed by atoms with Gasteiger partial charge in [-0.05, 0) is 86.8 Å². The van der Waals surface area contributed by atoms with E-state index in [-0.39, 0.29) is 54.5 Å². The van der Waals surface area contributed by atoms with Crippen LogP contribution in [-0.2, 0) is 35.1 Å². The highest BCUT2D eigenvalue weighted by Gasteiger charge is 2.47. The number of nitrogens with one attached hydrogen (secondary N) is 5. The van der Waals surface area contributed by atoms with E-state index in [1.807, 2.05) is 51.1 Å². The molecule has 0 saturated carbocycles. The molecule has 0 radical (unpaired) electrons. The Balaban J connectivity index is 1.84. The second-order valence-corrected chi connectivity index (χ2v) is 16.5. The first-order chi connectivity index (χ1) is 27.5. The summed E-state index contributed by atoms with van der Waals surface area (Å²) in [6.45, 7) is 15.7. The molecular weight excluding hydrogens is 766 g/mol. The van der Waals surface area contributed by atoms with Crippen molar-refractivity contribution in [1.82, 2.24) is 31.7 Å². The molecule has 18 heteroatoms. The monoisotopic (exact) mass is 827 g/mol. The standard InChI is InChI=1S/C41H61N7O11/c1-24-20-30(43-36(50)29(21-27-16-13-12-14-17-27)44-39(53)59-41(7,8)9)38(52)47(24)35(26(3)58-40(4,5)6)37(51)46-45-25(2)28-22-32(56-11)33(23-31(28)48(54)55)57-19-15-18-34(49)42-10/h12-14,16-17,22-26,29-30,35,45H,15,18-21H2,1-11H3,(H,42,49)(H,43,50)(H,44,53)(H,46,51)/t24?,25?,26-,29+,30+,35+/m1/s1. The maximum absolute atomic E-state index is 14.2. The van der Waals surface area contributed by atoms with Crippen molar-refractivity contribution in [1.29, 1.82) is 0 Å². The molecule has 326 valence electrons. The lowest BCUT2D eigenvalue weighted by atomic mass is 10.0. The normalized spacial score (nSPS) is 17.5. The number of alkyl carbamates (subject to hydrolysis) is 1. The van der Waals surface area contributed by atoms with Crippen LogP contribution in [0.5, 0.6) is 11.5 Å². The number of nitro benzene ring substituents is 1. The first-order valence-corrected chi connectivity index (χ1v) is 19.6. The number of carbonyl (C=O) groups is 5. The first-order valence-electron chi connectivity index (χ1n) is 19.6. The van der Waals surface area contributed by atoms with Crippen molar-refractivity contribution < 1.29 is 47.8 Å². The molecule has 5 amide bonds. The fourth-order valence-corrected chi connectivity index (χ4v) is 6.67. The molecule has 18 nitrogen and oxygen atoms in total. The number of ether oxygens (including phenoxy) is 4. The average Bonchev–Trinajstić information content (AvgIpc) is 3.41. The molecule has 0 spiro atoms. The number of methoxy groups -OCH3 is 1. The molecule has 1 aliphatic heterocycles. The third-order valence-corrected chi connectivity index (χ3v) is 9.24. The van der Waals surface area contributed by atoms with Crippen molar-refractivity contribution in [3.8, 4) is 11.5 Å². The molecule has 2 aromatic rings. The molecule has 3 rings (SSSR count).